The van der Waals surface area contributed by atoms with Crippen LogP contribution in [-0.4, -0.2) is 21.9 Å². The number of hydrogen-bond donors (Lipinski definition) is 2. The highest BCUT2D eigenvalue weighted by molar-refractivity contribution is 5.36. The van der Waals surface area contributed by atoms with Gasteiger partial charge in [0, 0.05) is 0 Å². The van der Waals surface area contributed by atoms with Crippen LogP contribution in [0.4, 0.5) is 0 Å². The Balaban J connectivity index is 1.92. The van der Waals surface area contributed by atoms with Gasteiger partial charge >= 0.3 is 0 Å². The molecule has 0 aliphatic heterocycles. The van der Waals surface area contributed by atoms with Crippen molar-refractivity contribution in [1.82, 2.24) is 0 Å². The predicted molar refractivity (Wildman–Crippen MR) is 125 cm³/mol. The van der Waals surface area contributed by atoms with E-state index in [2.05, 4.69) is 59.4 Å². The van der Waals surface area contributed by atoms with Crippen LogP contribution in [0, 0.1) is 16.7 Å². The van der Waals surface area contributed by atoms with Crippen LogP contribution in [0.15, 0.2) is 36.0 Å². The summed E-state index contributed by atoms with van der Waals surface area (Å²) >= 11 is 0. The minimum atomic E-state index is -0.457. The Morgan fingerprint density at radius 3 is 2.48 bits per heavy atom. The summed E-state index contributed by atoms with van der Waals surface area (Å²) in [5, 5.41) is 20.5. The molecule has 0 aromatic heterocycles. The maximum Gasteiger partial charge on any atom is 0.0787 e. The molecule has 2 fully saturated rings. The zero-order valence-corrected chi connectivity index (χ0v) is 19.8. The van der Waals surface area contributed by atoms with Crippen molar-refractivity contribution >= 4 is 0 Å². The lowest BCUT2D eigenvalue weighted by Gasteiger charge is -2.41. The first kappa shape index (κ1) is 24.4. The number of hydrogen-bond acceptors (Lipinski definition) is 2. The zero-order chi connectivity index (χ0) is 21.7. The third-order valence-electron chi connectivity index (χ3n) is 8.81. The highest BCUT2D eigenvalue weighted by Crippen LogP contribution is 2.58. The largest absolute Gasteiger partial charge is 0.390 e. The van der Waals surface area contributed by atoms with Gasteiger partial charge in [-0.05, 0) is 85.7 Å². The van der Waals surface area contributed by atoms with E-state index in [0.717, 1.165) is 50.5 Å². The van der Waals surface area contributed by atoms with E-state index in [-0.39, 0.29) is 11.5 Å². The molecule has 2 aliphatic rings. The predicted octanol–water partition coefficient (Wildman–Crippen LogP) is 7.12. The second kappa shape index (κ2) is 9.96. The molecule has 2 nitrogen and oxygen atoms in total. The van der Waals surface area contributed by atoms with Crippen molar-refractivity contribution in [2.75, 3.05) is 0 Å². The Bertz CT molecular complexity index is 608. The minimum absolute atomic E-state index is 0.275. The minimum Gasteiger partial charge on any atom is -0.390 e. The molecule has 0 spiro atoms. The highest BCUT2D eigenvalue weighted by atomic mass is 16.3. The number of aliphatic hydroxyl groups is 2. The van der Waals surface area contributed by atoms with Crippen LogP contribution < -0.4 is 0 Å². The van der Waals surface area contributed by atoms with Gasteiger partial charge < -0.3 is 10.2 Å². The molecule has 2 N–H and O–H groups in total. The monoisotopic (exact) mass is 402 g/mol. The van der Waals surface area contributed by atoms with Crippen LogP contribution in [0.5, 0.6) is 0 Å². The molecule has 2 rings (SSSR count). The average Bonchev–Trinajstić information content (AvgIpc) is 2.92. The fourth-order valence-electron chi connectivity index (χ4n) is 5.49. The van der Waals surface area contributed by atoms with Gasteiger partial charge in [-0.3, -0.25) is 0 Å². The summed E-state index contributed by atoms with van der Waals surface area (Å²) in [5.41, 5.74) is 2.31. The Hall–Kier alpha value is -0.860. The summed E-state index contributed by atoms with van der Waals surface area (Å²) in [6.07, 6.45) is 18.2. The highest BCUT2D eigenvalue weighted by Gasteiger charge is 2.49. The molecule has 0 bridgehead atoms. The molecule has 2 aliphatic carbocycles. The van der Waals surface area contributed by atoms with E-state index in [0.29, 0.717) is 11.3 Å². The second-order valence-corrected chi connectivity index (χ2v) is 10.6. The Morgan fingerprint density at radius 2 is 1.83 bits per heavy atom. The molecule has 0 aromatic carbocycles. The van der Waals surface area contributed by atoms with Crippen molar-refractivity contribution in [3.8, 4) is 0 Å². The van der Waals surface area contributed by atoms with E-state index >= 15 is 0 Å². The molecule has 166 valence electrons. The van der Waals surface area contributed by atoms with E-state index in [1.807, 2.05) is 0 Å². The van der Waals surface area contributed by atoms with E-state index in [1.165, 1.54) is 31.3 Å². The molecule has 2 saturated carbocycles. The van der Waals surface area contributed by atoms with Gasteiger partial charge in [0.1, 0.15) is 0 Å². The number of unbranched alkanes of at least 4 members (excludes halogenated alkanes) is 1. The van der Waals surface area contributed by atoms with Crippen molar-refractivity contribution in [2.24, 2.45) is 16.7 Å². The standard InChI is InChI=1S/C27H46O2/c1-7-27(29,8-2)19-10-9-18-26(6)20-17-23(25(26,4)5)15-11-13-22-14-12-16-24(28)21(22)3/h11,13,15,23-24,28-29H,3,7-10,12,14,16-20H2,1-2,4-6H3/b15-11+,22-13-/t23?,24?,26-/m0/s1. The molecular formula is C27H46O2. The number of rotatable bonds is 9. The van der Waals surface area contributed by atoms with Crippen LogP contribution in [0.3, 0.4) is 0 Å². The summed E-state index contributed by atoms with van der Waals surface area (Å²) in [6.45, 7) is 15.6. The maximum absolute atomic E-state index is 10.5. The van der Waals surface area contributed by atoms with Crippen molar-refractivity contribution in [1.29, 1.82) is 0 Å². The van der Waals surface area contributed by atoms with Gasteiger partial charge in [-0.25, -0.2) is 0 Å². The van der Waals surface area contributed by atoms with Crippen LogP contribution in [0.25, 0.3) is 0 Å². The first-order chi connectivity index (χ1) is 13.6. The smallest absolute Gasteiger partial charge is 0.0787 e. The van der Waals surface area contributed by atoms with Crippen molar-refractivity contribution in [3.05, 3.63) is 36.0 Å². The summed E-state index contributed by atoms with van der Waals surface area (Å²) in [4.78, 5) is 0. The lowest BCUT2D eigenvalue weighted by atomic mass is 9.63. The molecule has 2 heteroatoms. The molecular weight excluding hydrogens is 356 g/mol. The Morgan fingerprint density at radius 1 is 1.14 bits per heavy atom. The van der Waals surface area contributed by atoms with E-state index in [4.69, 9.17) is 0 Å². The third-order valence-corrected chi connectivity index (χ3v) is 8.81. The molecule has 2 unspecified atom stereocenters. The molecule has 0 radical (unpaired) electrons. The molecule has 0 aromatic rings. The molecule has 3 atom stereocenters. The Kier molecular flexibility index (Phi) is 8.39. The van der Waals surface area contributed by atoms with Crippen molar-refractivity contribution in [3.63, 3.8) is 0 Å². The topological polar surface area (TPSA) is 40.5 Å². The normalized spacial score (nSPS) is 31.8. The lowest BCUT2D eigenvalue weighted by Crippen LogP contribution is -2.33. The summed E-state index contributed by atoms with van der Waals surface area (Å²) < 4.78 is 0. The van der Waals surface area contributed by atoms with Gasteiger partial charge in [0.15, 0.2) is 0 Å². The lowest BCUT2D eigenvalue weighted by molar-refractivity contribution is 0.0186. The SMILES string of the molecule is C=C1/C(=C\C=C\C2CC[C@](C)(CCCCC(O)(CC)CC)C2(C)C)CCCC1O. The summed E-state index contributed by atoms with van der Waals surface area (Å²) in [7, 11) is 0. The molecule has 0 saturated heterocycles. The van der Waals surface area contributed by atoms with Gasteiger partial charge in [-0.2, -0.15) is 0 Å². The zero-order valence-electron chi connectivity index (χ0n) is 19.8. The fraction of sp³-hybridized carbons (Fsp3) is 0.778. The summed E-state index contributed by atoms with van der Waals surface area (Å²) in [5.74, 6) is 0.592. The summed E-state index contributed by atoms with van der Waals surface area (Å²) in [6, 6.07) is 0. The number of aliphatic hydroxyl groups excluding tert-OH is 1. The van der Waals surface area contributed by atoms with Gasteiger partial charge in [0.2, 0.25) is 0 Å². The first-order valence-electron chi connectivity index (χ1n) is 12.1. The van der Waals surface area contributed by atoms with Gasteiger partial charge in [-0.15, -0.1) is 0 Å². The fourth-order valence-corrected chi connectivity index (χ4v) is 5.49. The average molecular weight is 403 g/mol. The van der Waals surface area contributed by atoms with Crippen LogP contribution in [-0.2, 0) is 0 Å². The van der Waals surface area contributed by atoms with Crippen molar-refractivity contribution in [2.45, 2.75) is 117 Å². The first-order valence-corrected chi connectivity index (χ1v) is 12.1. The molecule has 29 heavy (non-hydrogen) atoms. The second-order valence-electron chi connectivity index (χ2n) is 10.6. The Labute approximate surface area is 180 Å². The van der Waals surface area contributed by atoms with E-state index in [1.54, 1.807) is 0 Å². The van der Waals surface area contributed by atoms with Crippen molar-refractivity contribution < 1.29 is 10.2 Å². The van der Waals surface area contributed by atoms with E-state index < -0.39 is 5.60 Å². The van der Waals surface area contributed by atoms with Crippen LogP contribution in [0.1, 0.15) is 105 Å². The third kappa shape index (κ3) is 5.64. The van der Waals surface area contributed by atoms with Gasteiger partial charge in [0.05, 0.1) is 11.7 Å². The molecule has 0 amide bonds. The maximum atomic E-state index is 10.5. The van der Waals surface area contributed by atoms with Gasteiger partial charge in [0.25, 0.3) is 0 Å². The molecule has 0 heterocycles. The van der Waals surface area contributed by atoms with Crippen LogP contribution in [0.2, 0.25) is 0 Å². The quantitative estimate of drug-likeness (QED) is 0.403. The van der Waals surface area contributed by atoms with Crippen LogP contribution >= 0.6 is 0 Å². The van der Waals surface area contributed by atoms with Gasteiger partial charge in [-0.1, -0.05) is 72.3 Å². The number of allylic oxidation sites excluding steroid dienone is 3. The van der Waals surface area contributed by atoms with E-state index in [9.17, 15) is 10.2 Å².